The summed E-state index contributed by atoms with van der Waals surface area (Å²) in [7, 11) is 0. The summed E-state index contributed by atoms with van der Waals surface area (Å²) in [6.45, 7) is 3.21. The van der Waals surface area contributed by atoms with E-state index in [-0.39, 0.29) is 23.6 Å². The van der Waals surface area contributed by atoms with Crippen LogP contribution in [0.2, 0.25) is 5.02 Å². The van der Waals surface area contributed by atoms with E-state index >= 15 is 0 Å². The van der Waals surface area contributed by atoms with Crippen molar-refractivity contribution < 1.29 is 9.59 Å². The van der Waals surface area contributed by atoms with E-state index in [2.05, 4.69) is 20.9 Å². The number of hydrogen-bond acceptors (Lipinski definition) is 4. The molecular formula is C14H19ClN4O2. The lowest BCUT2D eigenvalue weighted by Gasteiger charge is -2.12. The molecule has 0 radical (unpaired) electrons. The maximum absolute atomic E-state index is 12.1. The van der Waals surface area contributed by atoms with Crippen molar-refractivity contribution in [2.24, 2.45) is 0 Å². The van der Waals surface area contributed by atoms with Crippen LogP contribution in [0.5, 0.6) is 0 Å². The first kappa shape index (κ1) is 15.6. The molecule has 2 amide bonds. The Morgan fingerprint density at radius 1 is 1.52 bits per heavy atom. The number of carbonyl (C=O) groups is 2. The van der Waals surface area contributed by atoms with Gasteiger partial charge < -0.3 is 16.0 Å². The highest BCUT2D eigenvalue weighted by atomic mass is 35.5. The van der Waals surface area contributed by atoms with Gasteiger partial charge in [-0.15, -0.1) is 0 Å². The van der Waals surface area contributed by atoms with Gasteiger partial charge in [-0.2, -0.15) is 0 Å². The third-order valence-corrected chi connectivity index (χ3v) is 3.52. The third-order valence-electron chi connectivity index (χ3n) is 3.21. The van der Waals surface area contributed by atoms with Crippen LogP contribution < -0.4 is 16.0 Å². The van der Waals surface area contributed by atoms with Gasteiger partial charge >= 0.3 is 0 Å². The number of pyridine rings is 1. The van der Waals surface area contributed by atoms with E-state index in [1.807, 2.05) is 6.92 Å². The minimum atomic E-state index is -0.332. The fraction of sp³-hybridized carbons (Fsp3) is 0.500. The second kappa shape index (κ2) is 7.26. The number of carbonyl (C=O) groups excluding carboxylic acids is 2. The molecule has 2 heterocycles. The first-order valence-electron chi connectivity index (χ1n) is 7.08. The van der Waals surface area contributed by atoms with Crippen molar-refractivity contribution in [1.82, 2.24) is 15.6 Å². The SMILES string of the molecule is CCCNc1ccc(Cl)c(C(=O)NCC2CCC(=O)N2)n1. The van der Waals surface area contributed by atoms with Crippen LogP contribution in [0.15, 0.2) is 12.1 Å². The number of nitrogens with one attached hydrogen (secondary N) is 3. The molecule has 1 atom stereocenters. The van der Waals surface area contributed by atoms with Gasteiger partial charge in [-0.1, -0.05) is 18.5 Å². The maximum atomic E-state index is 12.1. The summed E-state index contributed by atoms with van der Waals surface area (Å²) in [5.74, 6) is 0.318. The number of nitrogens with zero attached hydrogens (tertiary/aromatic N) is 1. The van der Waals surface area contributed by atoms with Gasteiger partial charge in [0.05, 0.1) is 5.02 Å². The van der Waals surface area contributed by atoms with Crippen LogP contribution in [0, 0.1) is 0 Å². The first-order chi connectivity index (χ1) is 10.1. The van der Waals surface area contributed by atoms with Crippen molar-refractivity contribution in [2.45, 2.75) is 32.2 Å². The quantitative estimate of drug-likeness (QED) is 0.744. The molecule has 1 saturated heterocycles. The highest BCUT2D eigenvalue weighted by Gasteiger charge is 2.22. The fourth-order valence-corrected chi connectivity index (χ4v) is 2.27. The van der Waals surface area contributed by atoms with E-state index in [4.69, 9.17) is 11.6 Å². The van der Waals surface area contributed by atoms with Crippen molar-refractivity contribution in [1.29, 1.82) is 0 Å². The average molecular weight is 311 g/mol. The molecule has 1 aromatic heterocycles. The van der Waals surface area contributed by atoms with Crippen LogP contribution in [0.4, 0.5) is 5.82 Å². The molecule has 0 saturated carbocycles. The number of amides is 2. The number of rotatable bonds is 6. The lowest BCUT2D eigenvalue weighted by molar-refractivity contribution is -0.119. The Kier molecular flexibility index (Phi) is 5.38. The summed E-state index contributed by atoms with van der Waals surface area (Å²) in [5, 5.41) is 8.98. The minimum absolute atomic E-state index is 0.0124. The van der Waals surface area contributed by atoms with Crippen LogP contribution in [-0.2, 0) is 4.79 Å². The predicted molar refractivity (Wildman–Crippen MR) is 81.5 cm³/mol. The van der Waals surface area contributed by atoms with E-state index in [9.17, 15) is 9.59 Å². The molecule has 1 aromatic rings. The molecule has 0 bridgehead atoms. The van der Waals surface area contributed by atoms with Crippen LogP contribution in [0.1, 0.15) is 36.7 Å². The summed E-state index contributed by atoms with van der Waals surface area (Å²) in [5.41, 5.74) is 0.196. The molecule has 2 rings (SSSR count). The van der Waals surface area contributed by atoms with Gasteiger partial charge in [0.25, 0.3) is 5.91 Å². The first-order valence-corrected chi connectivity index (χ1v) is 7.46. The van der Waals surface area contributed by atoms with E-state index in [1.165, 1.54) is 0 Å². The highest BCUT2D eigenvalue weighted by molar-refractivity contribution is 6.33. The van der Waals surface area contributed by atoms with Crippen molar-refractivity contribution in [3.8, 4) is 0 Å². The van der Waals surface area contributed by atoms with Gasteiger partial charge in [0.15, 0.2) is 0 Å². The second-order valence-electron chi connectivity index (χ2n) is 4.97. The Hall–Kier alpha value is -1.82. The summed E-state index contributed by atoms with van der Waals surface area (Å²) >= 11 is 6.02. The molecule has 1 aliphatic heterocycles. The zero-order valence-electron chi connectivity index (χ0n) is 11.9. The zero-order valence-corrected chi connectivity index (χ0v) is 12.7. The Morgan fingerprint density at radius 2 is 2.33 bits per heavy atom. The molecule has 21 heavy (non-hydrogen) atoms. The molecule has 1 aliphatic rings. The molecule has 0 spiro atoms. The van der Waals surface area contributed by atoms with Crippen LogP contribution in [0.3, 0.4) is 0 Å². The van der Waals surface area contributed by atoms with Crippen molar-refractivity contribution in [3.05, 3.63) is 22.8 Å². The molecule has 0 aromatic carbocycles. The lowest BCUT2D eigenvalue weighted by Crippen LogP contribution is -2.38. The Bertz CT molecular complexity index is 536. The molecule has 6 nitrogen and oxygen atoms in total. The minimum Gasteiger partial charge on any atom is -0.370 e. The summed E-state index contributed by atoms with van der Waals surface area (Å²) in [6, 6.07) is 3.38. The molecule has 3 N–H and O–H groups in total. The predicted octanol–water partition coefficient (Wildman–Crippen LogP) is 1.57. The maximum Gasteiger partial charge on any atom is 0.271 e. The van der Waals surface area contributed by atoms with Crippen molar-refractivity contribution in [2.75, 3.05) is 18.4 Å². The summed E-state index contributed by atoms with van der Waals surface area (Å²) in [6.07, 6.45) is 2.21. The van der Waals surface area contributed by atoms with Gasteiger partial charge in [0, 0.05) is 25.6 Å². The topological polar surface area (TPSA) is 83.1 Å². The molecule has 114 valence electrons. The smallest absolute Gasteiger partial charge is 0.271 e. The van der Waals surface area contributed by atoms with Gasteiger partial charge in [0.2, 0.25) is 5.91 Å². The number of aromatic nitrogens is 1. The summed E-state index contributed by atoms with van der Waals surface area (Å²) < 4.78 is 0. The molecule has 0 aliphatic carbocycles. The Balaban J connectivity index is 1.95. The Morgan fingerprint density at radius 3 is 3.00 bits per heavy atom. The van der Waals surface area contributed by atoms with Gasteiger partial charge in [-0.05, 0) is 25.0 Å². The molecule has 7 heteroatoms. The highest BCUT2D eigenvalue weighted by Crippen LogP contribution is 2.17. The number of hydrogen-bond donors (Lipinski definition) is 3. The fourth-order valence-electron chi connectivity index (χ4n) is 2.08. The molecule has 1 unspecified atom stereocenters. The molecular weight excluding hydrogens is 292 g/mol. The largest absolute Gasteiger partial charge is 0.370 e. The van der Waals surface area contributed by atoms with Crippen LogP contribution in [0.25, 0.3) is 0 Å². The van der Waals surface area contributed by atoms with E-state index < -0.39 is 0 Å². The van der Waals surface area contributed by atoms with Crippen LogP contribution in [-0.4, -0.2) is 35.9 Å². The van der Waals surface area contributed by atoms with E-state index in [1.54, 1.807) is 12.1 Å². The zero-order chi connectivity index (χ0) is 15.2. The normalized spacial score (nSPS) is 17.4. The Labute approximate surface area is 128 Å². The van der Waals surface area contributed by atoms with Crippen molar-refractivity contribution >= 4 is 29.2 Å². The van der Waals surface area contributed by atoms with Crippen LogP contribution >= 0.6 is 11.6 Å². The lowest BCUT2D eigenvalue weighted by atomic mass is 10.2. The van der Waals surface area contributed by atoms with E-state index in [0.29, 0.717) is 23.8 Å². The number of halogens is 1. The molecule has 1 fully saturated rings. The van der Waals surface area contributed by atoms with Crippen molar-refractivity contribution in [3.63, 3.8) is 0 Å². The second-order valence-corrected chi connectivity index (χ2v) is 5.37. The summed E-state index contributed by atoms with van der Waals surface area (Å²) in [4.78, 5) is 27.5. The van der Waals surface area contributed by atoms with Gasteiger partial charge in [0.1, 0.15) is 11.5 Å². The van der Waals surface area contributed by atoms with Gasteiger partial charge in [-0.3, -0.25) is 9.59 Å². The number of anilines is 1. The standard InChI is InChI=1S/C14H19ClN4O2/c1-2-7-16-11-5-4-10(15)13(19-11)14(21)17-8-9-3-6-12(20)18-9/h4-5,9H,2-3,6-8H2,1H3,(H,16,19)(H,17,21)(H,18,20). The third kappa shape index (κ3) is 4.32. The average Bonchev–Trinajstić information content (AvgIpc) is 2.89. The monoisotopic (exact) mass is 310 g/mol. The van der Waals surface area contributed by atoms with E-state index in [0.717, 1.165) is 19.4 Å². The van der Waals surface area contributed by atoms with Gasteiger partial charge in [-0.25, -0.2) is 4.98 Å².